The molecule has 0 aromatic heterocycles. The Bertz CT molecular complexity index is 1010. The number of aliphatic carboxylic acids is 1. The molecule has 0 spiro atoms. The number of hydrogen-bond acceptors (Lipinski definition) is 4. The van der Waals surface area contributed by atoms with Crippen LogP contribution in [0.15, 0.2) is 66.9 Å². The monoisotopic (exact) mass is 445 g/mol. The smallest absolute Gasteiger partial charge is 1.00 e. The quantitative estimate of drug-likeness (QED) is 0.379. The van der Waals surface area contributed by atoms with Crippen LogP contribution in [0, 0.1) is 0 Å². The average molecular weight is 445 g/mol. The molecule has 0 radical (unpaired) electrons. The first-order valence-electron chi connectivity index (χ1n) is 9.74. The fraction of sp³-hybridized carbons (Fsp3) is 0.217. The molecule has 2 aromatic carbocycles. The van der Waals surface area contributed by atoms with E-state index in [0.29, 0.717) is 5.56 Å². The van der Waals surface area contributed by atoms with Gasteiger partial charge < -0.3 is 22.1 Å². The van der Waals surface area contributed by atoms with Crippen molar-refractivity contribution in [3.8, 4) is 0 Å². The van der Waals surface area contributed by atoms with Crippen LogP contribution in [0.1, 0.15) is 30.6 Å². The largest absolute Gasteiger partial charge is 1.00 e. The Labute approximate surface area is 209 Å². The predicted octanol–water partition coefficient (Wildman–Crippen LogP) is -0.868. The van der Waals surface area contributed by atoms with Crippen LogP contribution in [-0.2, 0) is 20.8 Å². The zero-order valence-corrected chi connectivity index (χ0v) is 19.9. The van der Waals surface area contributed by atoms with Crippen molar-refractivity contribution in [2.75, 3.05) is 7.05 Å². The van der Waals surface area contributed by atoms with Gasteiger partial charge in [-0.05, 0) is 23.1 Å². The van der Waals surface area contributed by atoms with Crippen LogP contribution in [0.25, 0.3) is 0 Å². The molecule has 2 atom stereocenters. The number of carbonyl (C=O) groups excluding carboxylic acids is 3. The Morgan fingerprint density at radius 2 is 1.69 bits per heavy atom. The third-order valence-electron chi connectivity index (χ3n) is 4.93. The molecule has 3 N–H and O–H groups in total. The zero-order chi connectivity index (χ0) is 22.4. The minimum absolute atomic E-state index is 0. The van der Waals surface area contributed by atoms with Crippen LogP contribution < -0.4 is 40.2 Å². The number of nitrogens with one attached hydrogen (secondary N) is 2. The normalized spacial score (nSPS) is 16.2. The summed E-state index contributed by atoms with van der Waals surface area (Å²) < 4.78 is 0. The Kier molecular flexibility index (Phi) is 9.19. The van der Waals surface area contributed by atoms with Gasteiger partial charge in [0.15, 0.2) is 11.8 Å². The molecule has 2 aromatic rings. The van der Waals surface area contributed by atoms with Crippen molar-refractivity contribution < 1.29 is 55.3 Å². The van der Waals surface area contributed by atoms with Gasteiger partial charge in [-0.1, -0.05) is 54.6 Å². The minimum Gasteiger partial charge on any atom is -1.00 e. The number of carboxylic acids is 1. The van der Waals surface area contributed by atoms with Gasteiger partial charge in [0, 0.05) is 19.3 Å². The van der Waals surface area contributed by atoms with Gasteiger partial charge in [0.2, 0.25) is 0 Å². The van der Waals surface area contributed by atoms with Crippen LogP contribution in [0.2, 0.25) is 0 Å². The number of likely N-dealkylation sites (N-methyl/N-ethyl adjacent to an activating group) is 1. The number of nitrogens with zero attached hydrogens (tertiary/aromatic N) is 1. The van der Waals surface area contributed by atoms with Gasteiger partial charge >= 0.3 is 41.6 Å². The molecule has 0 bridgehead atoms. The third-order valence-corrected chi connectivity index (χ3v) is 4.93. The molecule has 9 heteroatoms. The number of hydrogen-bond donors (Lipinski definition) is 3. The Morgan fingerprint density at radius 1 is 1.06 bits per heavy atom. The minimum atomic E-state index is -1.34. The molecule has 1 unspecified atom stereocenters. The van der Waals surface area contributed by atoms with Gasteiger partial charge in [-0.3, -0.25) is 14.4 Å². The van der Waals surface area contributed by atoms with E-state index < -0.39 is 35.8 Å². The maximum Gasteiger partial charge on any atom is 1.00 e. The van der Waals surface area contributed by atoms with Crippen molar-refractivity contribution >= 4 is 23.7 Å². The fourth-order valence-electron chi connectivity index (χ4n) is 3.27. The SMILES string of the molecule is CN1C=CC(=O)C(NC(=O)N[C@@H](CC(=O)O)c2ccc(Cc3ccccc3)cc2)C1=O.[H-].[Na+]. The predicted molar refractivity (Wildman–Crippen MR) is 114 cm³/mol. The molecule has 0 aliphatic carbocycles. The number of rotatable bonds is 7. The molecule has 162 valence electrons. The molecule has 0 saturated heterocycles. The summed E-state index contributed by atoms with van der Waals surface area (Å²) in [6.07, 6.45) is 2.90. The summed E-state index contributed by atoms with van der Waals surface area (Å²) in [6.45, 7) is 0. The molecule has 3 amide bonds. The van der Waals surface area contributed by atoms with E-state index in [0.717, 1.165) is 17.5 Å². The summed E-state index contributed by atoms with van der Waals surface area (Å²) in [5.74, 6) is -2.20. The Morgan fingerprint density at radius 3 is 2.31 bits per heavy atom. The summed E-state index contributed by atoms with van der Waals surface area (Å²) in [7, 11) is 1.47. The molecular weight excluding hydrogens is 421 g/mol. The fourth-order valence-corrected chi connectivity index (χ4v) is 3.27. The Hall–Kier alpha value is -2.94. The summed E-state index contributed by atoms with van der Waals surface area (Å²) >= 11 is 0. The van der Waals surface area contributed by atoms with E-state index in [-0.39, 0.29) is 37.4 Å². The second-order valence-electron chi connectivity index (χ2n) is 7.27. The van der Waals surface area contributed by atoms with Crippen LogP contribution in [0.3, 0.4) is 0 Å². The zero-order valence-electron chi connectivity index (χ0n) is 18.9. The summed E-state index contributed by atoms with van der Waals surface area (Å²) in [5, 5.41) is 14.1. The van der Waals surface area contributed by atoms with E-state index in [4.69, 9.17) is 0 Å². The number of amides is 3. The average Bonchev–Trinajstić information content (AvgIpc) is 2.74. The van der Waals surface area contributed by atoms with E-state index in [9.17, 15) is 24.3 Å². The van der Waals surface area contributed by atoms with E-state index >= 15 is 0 Å². The number of urea groups is 1. The molecule has 8 nitrogen and oxygen atoms in total. The van der Waals surface area contributed by atoms with Crippen molar-refractivity contribution in [3.05, 3.63) is 83.6 Å². The number of carboxylic acid groups (broad SMARTS) is 1. The molecular formula is C23H24N3NaO5. The summed E-state index contributed by atoms with van der Waals surface area (Å²) in [5.41, 5.74) is 2.80. The van der Waals surface area contributed by atoms with Gasteiger partial charge in [-0.2, -0.15) is 0 Å². The maximum atomic E-state index is 12.4. The van der Waals surface area contributed by atoms with Gasteiger partial charge in [-0.15, -0.1) is 0 Å². The van der Waals surface area contributed by atoms with Crippen molar-refractivity contribution in [2.24, 2.45) is 0 Å². The molecule has 0 fully saturated rings. The van der Waals surface area contributed by atoms with Gasteiger partial charge in [0.1, 0.15) is 0 Å². The second kappa shape index (κ2) is 11.6. The number of carbonyl (C=O) groups is 4. The number of benzene rings is 2. The molecule has 32 heavy (non-hydrogen) atoms. The first kappa shape index (κ1) is 25.3. The van der Waals surface area contributed by atoms with Crippen LogP contribution >= 0.6 is 0 Å². The standard InChI is InChI=1S/C23H23N3O5.Na.H/c1-26-12-11-19(27)21(22(26)30)25-23(31)24-18(14-20(28)29)17-9-7-16(8-10-17)13-15-5-3-2-4-6-15;;/h2-12,18,21H,13-14H2,1H3,(H,28,29)(H2,24,25,31);;/q;+1;-1/t18-,21?;;/m0../s1. The third kappa shape index (κ3) is 6.78. The molecule has 0 saturated carbocycles. The van der Waals surface area contributed by atoms with Crippen LogP contribution in [-0.4, -0.2) is 46.8 Å². The van der Waals surface area contributed by atoms with Gasteiger partial charge in [0.25, 0.3) is 5.91 Å². The number of ketones is 1. The molecule has 1 aliphatic heterocycles. The van der Waals surface area contributed by atoms with E-state index in [2.05, 4.69) is 10.6 Å². The molecule has 1 aliphatic rings. The van der Waals surface area contributed by atoms with Gasteiger partial charge in [-0.25, -0.2) is 4.79 Å². The summed E-state index contributed by atoms with van der Waals surface area (Å²) in [6, 6.07) is 14.2. The maximum absolute atomic E-state index is 12.4. The topological polar surface area (TPSA) is 116 Å². The van der Waals surface area contributed by atoms with Gasteiger partial charge in [0.05, 0.1) is 12.5 Å². The van der Waals surface area contributed by atoms with Crippen molar-refractivity contribution in [1.29, 1.82) is 0 Å². The first-order chi connectivity index (χ1) is 14.8. The van der Waals surface area contributed by atoms with Crippen molar-refractivity contribution in [2.45, 2.75) is 24.9 Å². The van der Waals surface area contributed by atoms with E-state index in [1.165, 1.54) is 24.2 Å². The van der Waals surface area contributed by atoms with Crippen LogP contribution in [0.5, 0.6) is 0 Å². The Balaban J connectivity index is 0.00000272. The van der Waals surface area contributed by atoms with Crippen molar-refractivity contribution in [1.82, 2.24) is 15.5 Å². The first-order valence-corrected chi connectivity index (χ1v) is 9.74. The summed E-state index contributed by atoms with van der Waals surface area (Å²) in [4.78, 5) is 49.0. The van der Waals surface area contributed by atoms with Crippen LogP contribution in [0.4, 0.5) is 4.79 Å². The second-order valence-corrected chi connectivity index (χ2v) is 7.27. The van der Waals surface area contributed by atoms with Crippen molar-refractivity contribution in [3.63, 3.8) is 0 Å². The molecule has 3 rings (SSSR count). The van der Waals surface area contributed by atoms with E-state index in [1.807, 2.05) is 42.5 Å². The molecule has 1 heterocycles. The van der Waals surface area contributed by atoms with E-state index in [1.54, 1.807) is 12.1 Å².